The van der Waals surface area contributed by atoms with E-state index in [1.807, 2.05) is 30.3 Å². The number of hydrogen-bond donors (Lipinski definition) is 1. The van der Waals surface area contributed by atoms with Gasteiger partial charge in [-0.2, -0.15) is 4.98 Å². The summed E-state index contributed by atoms with van der Waals surface area (Å²) >= 11 is 0. The predicted molar refractivity (Wildman–Crippen MR) is 65.6 cm³/mol. The smallest absolute Gasteiger partial charge is 0.257 e. The molecule has 94 valence electrons. The maximum Gasteiger partial charge on any atom is 0.257 e. The van der Waals surface area contributed by atoms with E-state index in [1.165, 1.54) is 0 Å². The van der Waals surface area contributed by atoms with E-state index in [0.717, 1.165) is 18.5 Å². The molecule has 3 rings (SSSR count). The van der Waals surface area contributed by atoms with Crippen LogP contribution >= 0.6 is 0 Å². The van der Waals surface area contributed by atoms with E-state index in [0.29, 0.717) is 24.8 Å². The maximum absolute atomic E-state index is 9.45. The standard InChI is InChI=1S/C13H15N3O2/c17-11-6-7-16(8-11)9-12-14-13(18-15-12)10-4-2-1-3-5-10/h1-5,11,17H,6-9H2/t11-/m0/s1. The lowest BCUT2D eigenvalue weighted by molar-refractivity contribution is 0.173. The van der Waals surface area contributed by atoms with Crippen molar-refractivity contribution in [1.29, 1.82) is 0 Å². The SMILES string of the molecule is O[C@H]1CCN(Cc2noc(-c3ccccc3)n2)C1. The number of β-amino-alcohol motifs (C(OH)–C–C–N with tert-alkyl or cyclic N) is 1. The van der Waals surface area contributed by atoms with Crippen LogP contribution in [0, 0.1) is 0 Å². The zero-order chi connectivity index (χ0) is 12.4. The average molecular weight is 245 g/mol. The molecule has 1 aliphatic rings. The molecule has 0 bridgehead atoms. The molecule has 1 aromatic carbocycles. The van der Waals surface area contributed by atoms with Gasteiger partial charge in [-0.15, -0.1) is 0 Å². The zero-order valence-electron chi connectivity index (χ0n) is 9.99. The van der Waals surface area contributed by atoms with Crippen molar-refractivity contribution in [2.75, 3.05) is 13.1 Å². The largest absolute Gasteiger partial charge is 0.392 e. The van der Waals surface area contributed by atoms with Gasteiger partial charge in [0.25, 0.3) is 5.89 Å². The van der Waals surface area contributed by atoms with Crippen molar-refractivity contribution in [1.82, 2.24) is 15.0 Å². The highest BCUT2D eigenvalue weighted by molar-refractivity contribution is 5.51. The molecule has 0 aliphatic carbocycles. The Morgan fingerprint density at radius 2 is 2.17 bits per heavy atom. The van der Waals surface area contributed by atoms with Crippen molar-refractivity contribution in [3.8, 4) is 11.5 Å². The molecule has 1 N–H and O–H groups in total. The van der Waals surface area contributed by atoms with Gasteiger partial charge < -0.3 is 9.63 Å². The van der Waals surface area contributed by atoms with Crippen LogP contribution in [-0.2, 0) is 6.54 Å². The van der Waals surface area contributed by atoms with Crippen molar-refractivity contribution in [2.45, 2.75) is 19.1 Å². The number of likely N-dealkylation sites (tertiary alicyclic amines) is 1. The van der Waals surface area contributed by atoms with E-state index in [9.17, 15) is 5.11 Å². The third-order valence-corrected chi connectivity index (χ3v) is 3.10. The highest BCUT2D eigenvalue weighted by atomic mass is 16.5. The highest BCUT2D eigenvalue weighted by Crippen LogP contribution is 2.17. The Morgan fingerprint density at radius 1 is 1.33 bits per heavy atom. The molecule has 0 unspecified atom stereocenters. The van der Waals surface area contributed by atoms with Gasteiger partial charge in [-0.05, 0) is 18.6 Å². The van der Waals surface area contributed by atoms with Gasteiger partial charge in [0.1, 0.15) is 0 Å². The Kier molecular flexibility index (Phi) is 3.08. The van der Waals surface area contributed by atoms with E-state index in [-0.39, 0.29) is 6.10 Å². The number of benzene rings is 1. The van der Waals surface area contributed by atoms with Crippen molar-refractivity contribution < 1.29 is 9.63 Å². The van der Waals surface area contributed by atoms with Gasteiger partial charge in [0.2, 0.25) is 0 Å². The second-order valence-corrected chi connectivity index (χ2v) is 4.56. The Labute approximate surface area is 105 Å². The molecule has 0 radical (unpaired) electrons. The Morgan fingerprint density at radius 3 is 2.89 bits per heavy atom. The van der Waals surface area contributed by atoms with Crippen LogP contribution in [0.3, 0.4) is 0 Å². The van der Waals surface area contributed by atoms with Crippen molar-refractivity contribution >= 4 is 0 Å². The van der Waals surface area contributed by atoms with E-state index >= 15 is 0 Å². The second-order valence-electron chi connectivity index (χ2n) is 4.56. The minimum absolute atomic E-state index is 0.217. The molecule has 1 atom stereocenters. The fourth-order valence-electron chi connectivity index (χ4n) is 2.17. The van der Waals surface area contributed by atoms with Crippen LogP contribution in [0.25, 0.3) is 11.5 Å². The van der Waals surface area contributed by atoms with Crippen molar-refractivity contribution in [3.05, 3.63) is 36.2 Å². The number of aromatic nitrogens is 2. The normalized spacial score (nSPS) is 20.4. The van der Waals surface area contributed by atoms with E-state index in [2.05, 4.69) is 15.0 Å². The molecule has 0 spiro atoms. The number of hydrogen-bond acceptors (Lipinski definition) is 5. The van der Waals surface area contributed by atoms with Gasteiger partial charge in [-0.1, -0.05) is 23.4 Å². The number of aliphatic hydroxyl groups is 1. The quantitative estimate of drug-likeness (QED) is 0.883. The first-order valence-electron chi connectivity index (χ1n) is 6.10. The minimum atomic E-state index is -0.217. The summed E-state index contributed by atoms with van der Waals surface area (Å²) in [4.78, 5) is 6.50. The third-order valence-electron chi connectivity index (χ3n) is 3.10. The molecular formula is C13H15N3O2. The summed E-state index contributed by atoms with van der Waals surface area (Å²) in [6.07, 6.45) is 0.606. The molecule has 1 fully saturated rings. The lowest BCUT2D eigenvalue weighted by Gasteiger charge is -2.10. The van der Waals surface area contributed by atoms with Crippen LogP contribution in [0.4, 0.5) is 0 Å². The van der Waals surface area contributed by atoms with Gasteiger partial charge in [0.05, 0.1) is 12.6 Å². The molecule has 1 aliphatic heterocycles. The summed E-state index contributed by atoms with van der Waals surface area (Å²) in [7, 11) is 0. The molecular weight excluding hydrogens is 230 g/mol. The molecule has 1 saturated heterocycles. The minimum Gasteiger partial charge on any atom is -0.392 e. The van der Waals surface area contributed by atoms with Crippen LogP contribution in [0.1, 0.15) is 12.2 Å². The molecule has 0 saturated carbocycles. The first kappa shape index (κ1) is 11.4. The third kappa shape index (κ3) is 2.42. The number of rotatable bonds is 3. The van der Waals surface area contributed by atoms with Crippen LogP contribution in [0.5, 0.6) is 0 Å². The molecule has 18 heavy (non-hydrogen) atoms. The zero-order valence-corrected chi connectivity index (χ0v) is 9.99. The Balaban J connectivity index is 1.70. The van der Waals surface area contributed by atoms with Crippen LogP contribution in [-0.4, -0.2) is 39.3 Å². The molecule has 2 heterocycles. The van der Waals surface area contributed by atoms with E-state index in [4.69, 9.17) is 4.52 Å². The average Bonchev–Trinajstić information content (AvgIpc) is 3.01. The highest BCUT2D eigenvalue weighted by Gasteiger charge is 2.21. The van der Waals surface area contributed by atoms with Gasteiger partial charge in [-0.25, -0.2) is 0 Å². The van der Waals surface area contributed by atoms with E-state index < -0.39 is 0 Å². The second kappa shape index (κ2) is 4.88. The van der Waals surface area contributed by atoms with Crippen molar-refractivity contribution in [3.63, 3.8) is 0 Å². The first-order chi connectivity index (χ1) is 8.81. The van der Waals surface area contributed by atoms with E-state index in [1.54, 1.807) is 0 Å². The Bertz CT molecular complexity index is 512. The lowest BCUT2D eigenvalue weighted by atomic mass is 10.2. The molecule has 2 aromatic rings. The first-order valence-corrected chi connectivity index (χ1v) is 6.10. The number of aliphatic hydroxyl groups excluding tert-OH is 1. The molecule has 5 nitrogen and oxygen atoms in total. The molecule has 1 aromatic heterocycles. The lowest BCUT2D eigenvalue weighted by Crippen LogP contribution is -2.22. The summed E-state index contributed by atoms with van der Waals surface area (Å²) in [6.45, 7) is 2.21. The number of nitrogens with zero attached hydrogens (tertiary/aromatic N) is 3. The fourth-order valence-corrected chi connectivity index (χ4v) is 2.17. The van der Waals surface area contributed by atoms with Crippen molar-refractivity contribution in [2.24, 2.45) is 0 Å². The van der Waals surface area contributed by atoms with Crippen LogP contribution < -0.4 is 0 Å². The van der Waals surface area contributed by atoms with Gasteiger partial charge in [-0.3, -0.25) is 4.90 Å². The van der Waals surface area contributed by atoms with Crippen LogP contribution in [0.2, 0.25) is 0 Å². The van der Waals surface area contributed by atoms with Gasteiger partial charge >= 0.3 is 0 Å². The molecule has 0 amide bonds. The monoisotopic (exact) mass is 245 g/mol. The molecule has 5 heteroatoms. The summed E-state index contributed by atoms with van der Waals surface area (Å²) < 4.78 is 5.24. The maximum atomic E-state index is 9.45. The summed E-state index contributed by atoms with van der Waals surface area (Å²) in [5.41, 5.74) is 0.928. The van der Waals surface area contributed by atoms with Gasteiger partial charge in [0, 0.05) is 18.7 Å². The fraction of sp³-hybridized carbons (Fsp3) is 0.385. The summed E-state index contributed by atoms with van der Waals surface area (Å²) in [5.74, 6) is 1.22. The van der Waals surface area contributed by atoms with Crippen LogP contribution in [0.15, 0.2) is 34.9 Å². The summed E-state index contributed by atoms with van der Waals surface area (Å²) in [5, 5.41) is 13.4. The Hall–Kier alpha value is -1.72. The topological polar surface area (TPSA) is 62.4 Å². The summed E-state index contributed by atoms with van der Waals surface area (Å²) in [6, 6.07) is 9.71. The predicted octanol–water partition coefficient (Wildman–Crippen LogP) is 1.30. The van der Waals surface area contributed by atoms with Gasteiger partial charge in [0.15, 0.2) is 5.82 Å².